The number of rotatable bonds is 1. The lowest BCUT2D eigenvalue weighted by molar-refractivity contribution is 0.0697. The first-order valence-electron chi connectivity index (χ1n) is 5.66. The molecule has 1 N–H and O–H groups in total. The lowest BCUT2D eigenvalue weighted by Crippen LogP contribution is -1.94. The number of carboxylic acids is 1. The molecule has 0 saturated heterocycles. The van der Waals surface area contributed by atoms with E-state index in [-0.39, 0.29) is 5.56 Å². The molecule has 0 saturated carbocycles. The van der Waals surface area contributed by atoms with Crippen molar-refractivity contribution in [1.82, 2.24) is 0 Å². The fourth-order valence-electron chi connectivity index (χ4n) is 1.42. The normalized spacial score (nSPS) is 8.63. The van der Waals surface area contributed by atoms with Gasteiger partial charge in [0.25, 0.3) is 0 Å². The topological polar surface area (TPSA) is 37.3 Å². The van der Waals surface area contributed by atoms with Crippen LogP contribution < -0.4 is 0 Å². The van der Waals surface area contributed by atoms with Crippen molar-refractivity contribution >= 4 is 5.97 Å². The van der Waals surface area contributed by atoms with Crippen LogP contribution in [0.25, 0.3) is 0 Å². The molecule has 2 rings (SSSR count). The van der Waals surface area contributed by atoms with Gasteiger partial charge in [0.15, 0.2) is 0 Å². The van der Waals surface area contributed by atoms with Crippen LogP contribution in [0, 0.1) is 23.7 Å². The van der Waals surface area contributed by atoms with Crippen LogP contribution in [0.1, 0.15) is 21.5 Å². The van der Waals surface area contributed by atoms with Crippen LogP contribution in [-0.2, 0) is 0 Å². The summed E-state index contributed by atoms with van der Waals surface area (Å²) in [6.45, 7) is 0. The Balaban J connectivity index is 2.09. The van der Waals surface area contributed by atoms with Gasteiger partial charge in [-0.3, -0.25) is 0 Å². The molecule has 0 aliphatic heterocycles. The van der Waals surface area contributed by atoms with E-state index < -0.39 is 5.97 Å². The molecule has 0 aromatic heterocycles. The van der Waals surface area contributed by atoms with Crippen LogP contribution in [0.15, 0.2) is 54.6 Å². The van der Waals surface area contributed by atoms with E-state index in [1.54, 1.807) is 12.1 Å². The maximum absolute atomic E-state index is 10.7. The summed E-state index contributed by atoms with van der Waals surface area (Å²) in [6, 6.07) is 16.0. The third kappa shape index (κ3) is 3.77. The van der Waals surface area contributed by atoms with Crippen molar-refractivity contribution in [2.75, 3.05) is 0 Å². The number of hydrogen-bond acceptors (Lipinski definition) is 1. The standard InChI is InChI=1S/C17H10O2/c18-17(19)16-12-10-15(11-13-16)9-5-4-8-14-6-2-1-3-7-14/h1-3,6-7,10-13H,(H,18,19). The first-order chi connectivity index (χ1) is 9.25. The molecule has 0 amide bonds. The average molecular weight is 246 g/mol. The van der Waals surface area contributed by atoms with Gasteiger partial charge in [-0.05, 0) is 48.2 Å². The Morgan fingerprint density at radius 1 is 0.789 bits per heavy atom. The third-order valence-electron chi connectivity index (χ3n) is 2.38. The van der Waals surface area contributed by atoms with Crippen LogP contribution in [0.2, 0.25) is 0 Å². The van der Waals surface area contributed by atoms with Gasteiger partial charge in [-0.15, -0.1) is 0 Å². The van der Waals surface area contributed by atoms with Gasteiger partial charge in [-0.2, -0.15) is 0 Å². The molecule has 0 aliphatic rings. The minimum Gasteiger partial charge on any atom is -0.478 e. The first kappa shape index (κ1) is 12.5. The van der Waals surface area contributed by atoms with Crippen molar-refractivity contribution in [3.63, 3.8) is 0 Å². The molecule has 90 valence electrons. The zero-order valence-electron chi connectivity index (χ0n) is 10.1. The number of carboxylic acid groups (broad SMARTS) is 1. The number of aromatic carboxylic acids is 1. The predicted molar refractivity (Wildman–Crippen MR) is 73.6 cm³/mol. The zero-order valence-corrected chi connectivity index (χ0v) is 10.1. The van der Waals surface area contributed by atoms with Gasteiger partial charge in [0, 0.05) is 11.1 Å². The summed E-state index contributed by atoms with van der Waals surface area (Å²) in [5.41, 5.74) is 1.91. The third-order valence-corrected chi connectivity index (χ3v) is 2.38. The quantitative estimate of drug-likeness (QED) is 0.785. The second kappa shape index (κ2) is 6.10. The van der Waals surface area contributed by atoms with Gasteiger partial charge in [0.2, 0.25) is 0 Å². The highest BCUT2D eigenvalue weighted by Gasteiger charge is 1.99. The molecule has 0 bridgehead atoms. The van der Waals surface area contributed by atoms with Crippen molar-refractivity contribution in [1.29, 1.82) is 0 Å². The maximum Gasteiger partial charge on any atom is 0.335 e. The minimum atomic E-state index is -0.941. The van der Waals surface area contributed by atoms with E-state index in [1.165, 1.54) is 12.1 Å². The van der Waals surface area contributed by atoms with Gasteiger partial charge < -0.3 is 5.11 Å². The number of benzene rings is 2. The summed E-state index contributed by atoms with van der Waals surface area (Å²) in [5.74, 6) is 10.4. The number of carbonyl (C=O) groups is 1. The summed E-state index contributed by atoms with van der Waals surface area (Å²) in [7, 11) is 0. The molecule has 2 nitrogen and oxygen atoms in total. The summed E-state index contributed by atoms with van der Waals surface area (Å²) in [5, 5.41) is 8.76. The Labute approximate surface area is 111 Å². The van der Waals surface area contributed by atoms with Crippen LogP contribution in [-0.4, -0.2) is 11.1 Å². The fourth-order valence-corrected chi connectivity index (χ4v) is 1.42. The van der Waals surface area contributed by atoms with Crippen LogP contribution >= 0.6 is 0 Å². The lowest BCUT2D eigenvalue weighted by Gasteiger charge is -1.92. The summed E-state index contributed by atoms with van der Waals surface area (Å²) in [4.78, 5) is 10.7. The van der Waals surface area contributed by atoms with Gasteiger partial charge in [0.1, 0.15) is 0 Å². The Hall–Kier alpha value is -2.97. The second-order valence-corrected chi connectivity index (χ2v) is 3.75. The summed E-state index contributed by atoms with van der Waals surface area (Å²) < 4.78 is 0. The molecule has 0 unspecified atom stereocenters. The molecule has 0 heterocycles. The predicted octanol–water partition coefficient (Wildman–Crippen LogP) is 2.79. The van der Waals surface area contributed by atoms with Gasteiger partial charge in [-0.25, -0.2) is 4.79 Å². The highest BCUT2D eigenvalue weighted by atomic mass is 16.4. The monoisotopic (exact) mass is 246 g/mol. The summed E-state index contributed by atoms with van der Waals surface area (Å²) >= 11 is 0. The van der Waals surface area contributed by atoms with Gasteiger partial charge in [0.05, 0.1) is 5.56 Å². The van der Waals surface area contributed by atoms with E-state index in [0.717, 1.165) is 11.1 Å². The van der Waals surface area contributed by atoms with E-state index in [4.69, 9.17) is 5.11 Å². The van der Waals surface area contributed by atoms with Gasteiger partial charge >= 0.3 is 5.97 Å². The lowest BCUT2D eigenvalue weighted by atomic mass is 10.1. The molecule has 0 fully saturated rings. The van der Waals surface area contributed by atoms with E-state index in [0.29, 0.717) is 0 Å². The molecule has 0 spiro atoms. The smallest absolute Gasteiger partial charge is 0.335 e. The van der Waals surface area contributed by atoms with E-state index in [9.17, 15) is 4.79 Å². The van der Waals surface area contributed by atoms with Crippen molar-refractivity contribution in [2.24, 2.45) is 0 Å². The largest absolute Gasteiger partial charge is 0.478 e. The molecule has 2 aromatic carbocycles. The van der Waals surface area contributed by atoms with E-state index >= 15 is 0 Å². The second-order valence-electron chi connectivity index (χ2n) is 3.75. The minimum absolute atomic E-state index is 0.251. The zero-order chi connectivity index (χ0) is 13.5. The fraction of sp³-hybridized carbons (Fsp3) is 0. The van der Waals surface area contributed by atoms with Crippen LogP contribution in [0.5, 0.6) is 0 Å². The molecule has 0 aliphatic carbocycles. The number of hydrogen-bond donors (Lipinski definition) is 1. The molecule has 0 atom stereocenters. The Bertz CT molecular complexity index is 690. The highest BCUT2D eigenvalue weighted by Crippen LogP contribution is 2.02. The molecule has 2 aromatic rings. The van der Waals surface area contributed by atoms with E-state index in [2.05, 4.69) is 23.7 Å². The Morgan fingerprint density at radius 2 is 1.32 bits per heavy atom. The SMILES string of the molecule is O=C(O)c1ccc(C#CC#Cc2ccccc2)cc1. The Morgan fingerprint density at radius 3 is 1.84 bits per heavy atom. The molecule has 0 radical (unpaired) electrons. The van der Waals surface area contributed by atoms with Gasteiger partial charge in [-0.1, -0.05) is 30.0 Å². The molecular formula is C17H10O2. The van der Waals surface area contributed by atoms with E-state index in [1.807, 2.05) is 30.3 Å². The van der Waals surface area contributed by atoms with Crippen molar-refractivity contribution in [3.05, 3.63) is 71.3 Å². The molecular weight excluding hydrogens is 236 g/mol. The Kier molecular flexibility index (Phi) is 4.01. The highest BCUT2D eigenvalue weighted by molar-refractivity contribution is 5.87. The van der Waals surface area contributed by atoms with Crippen molar-refractivity contribution in [2.45, 2.75) is 0 Å². The van der Waals surface area contributed by atoms with Crippen LogP contribution in [0.3, 0.4) is 0 Å². The maximum atomic E-state index is 10.7. The molecule has 19 heavy (non-hydrogen) atoms. The average Bonchev–Trinajstić information content (AvgIpc) is 2.45. The molecule has 2 heteroatoms. The summed E-state index contributed by atoms with van der Waals surface area (Å²) in [6.07, 6.45) is 0. The van der Waals surface area contributed by atoms with Crippen molar-refractivity contribution < 1.29 is 9.90 Å². The first-order valence-corrected chi connectivity index (χ1v) is 5.66. The van der Waals surface area contributed by atoms with Crippen molar-refractivity contribution in [3.8, 4) is 23.7 Å². The van der Waals surface area contributed by atoms with Crippen LogP contribution in [0.4, 0.5) is 0 Å².